The van der Waals surface area contributed by atoms with Crippen molar-refractivity contribution in [3.8, 4) is 11.1 Å². The van der Waals surface area contributed by atoms with Gasteiger partial charge >= 0.3 is 12.0 Å². The van der Waals surface area contributed by atoms with Gasteiger partial charge in [0.2, 0.25) is 0 Å². The molecule has 10 heteroatoms. The highest BCUT2D eigenvalue weighted by Crippen LogP contribution is 2.43. The molecule has 9 nitrogen and oxygen atoms in total. The molecule has 3 aromatic carbocycles. The molecule has 1 aliphatic heterocycles. The minimum atomic E-state index is -0.591. The van der Waals surface area contributed by atoms with Crippen LogP contribution in [0, 0.1) is 5.92 Å². The molecule has 0 aromatic heterocycles. The normalized spacial score (nSPS) is 19.9. The number of benzene rings is 3. The van der Waals surface area contributed by atoms with Gasteiger partial charge in [0, 0.05) is 29.5 Å². The summed E-state index contributed by atoms with van der Waals surface area (Å²) in [6.45, 7) is 4.30. The van der Waals surface area contributed by atoms with Gasteiger partial charge in [0.05, 0.1) is 32.0 Å². The first-order valence-corrected chi connectivity index (χ1v) is 15.6. The Morgan fingerprint density at radius 1 is 0.907 bits per heavy atom. The Morgan fingerprint density at radius 3 is 2.37 bits per heavy atom. The van der Waals surface area contributed by atoms with Crippen LogP contribution in [0.3, 0.4) is 0 Å². The van der Waals surface area contributed by atoms with Crippen LogP contribution in [-0.4, -0.2) is 59.6 Å². The lowest BCUT2D eigenvalue weighted by Gasteiger charge is -2.41. The molecule has 1 heterocycles. The van der Waals surface area contributed by atoms with Crippen molar-refractivity contribution in [2.75, 3.05) is 31.3 Å². The number of thioether (sulfide) groups is 1. The fraction of sp³-hybridized carbons (Fsp3) is 0.394. The molecule has 0 bridgehead atoms. The predicted molar refractivity (Wildman–Crippen MR) is 166 cm³/mol. The maximum absolute atomic E-state index is 12.1. The molecule has 0 saturated carbocycles. The molecule has 0 spiro atoms. The van der Waals surface area contributed by atoms with E-state index < -0.39 is 18.3 Å². The van der Waals surface area contributed by atoms with Crippen LogP contribution in [0.4, 0.5) is 4.79 Å². The van der Waals surface area contributed by atoms with E-state index in [1.807, 2.05) is 66.7 Å². The van der Waals surface area contributed by atoms with Crippen molar-refractivity contribution in [1.29, 1.82) is 0 Å². The van der Waals surface area contributed by atoms with E-state index in [9.17, 15) is 19.8 Å². The lowest BCUT2D eigenvalue weighted by molar-refractivity contribution is -0.268. The quantitative estimate of drug-likeness (QED) is 0.162. The summed E-state index contributed by atoms with van der Waals surface area (Å²) in [5.74, 6) is 0.960. The van der Waals surface area contributed by atoms with Crippen molar-refractivity contribution in [1.82, 2.24) is 10.6 Å². The van der Waals surface area contributed by atoms with E-state index in [4.69, 9.17) is 14.2 Å². The van der Waals surface area contributed by atoms with Crippen LogP contribution in [0.1, 0.15) is 48.5 Å². The van der Waals surface area contributed by atoms with E-state index in [0.29, 0.717) is 12.3 Å². The lowest BCUT2D eigenvalue weighted by atomic mass is 9.91. The zero-order valence-corrected chi connectivity index (χ0v) is 25.3. The van der Waals surface area contributed by atoms with Gasteiger partial charge in [0.1, 0.15) is 6.54 Å². The molecule has 4 rings (SSSR count). The second kappa shape index (κ2) is 16.4. The highest BCUT2D eigenvalue weighted by atomic mass is 32.2. The average Bonchev–Trinajstić information content (AvgIpc) is 3.04. The Kier molecular flexibility index (Phi) is 12.4. The van der Waals surface area contributed by atoms with Gasteiger partial charge in [0.15, 0.2) is 6.29 Å². The Hall–Kier alpha value is -3.41. The standard InChI is InChI=1S/C33H40N2O7S/c1-3-40-30(38)19-35-33(39)34-18-24-6-4-7-26(16-24)27-8-5-9-28(17-27)32-41-29(21-43-15-14-36)22(2)31(42-32)25-12-10-23(20-37)11-13-25/h4-13,16-17,22,29,31-32,36-37H,3,14-15,18-21H2,1-2H3,(H2,34,35,39). The predicted octanol–water partition coefficient (Wildman–Crippen LogP) is 4.73. The third-order valence-electron chi connectivity index (χ3n) is 7.21. The Bertz CT molecular complexity index is 1340. The number of hydrogen-bond acceptors (Lipinski definition) is 8. The first-order valence-electron chi connectivity index (χ1n) is 14.5. The van der Waals surface area contributed by atoms with Gasteiger partial charge in [0.25, 0.3) is 0 Å². The van der Waals surface area contributed by atoms with E-state index in [2.05, 4.69) is 23.6 Å². The monoisotopic (exact) mass is 608 g/mol. The fourth-order valence-electron chi connectivity index (χ4n) is 4.91. The molecule has 1 aliphatic rings. The Morgan fingerprint density at radius 2 is 1.65 bits per heavy atom. The van der Waals surface area contributed by atoms with Crippen molar-refractivity contribution in [2.45, 2.75) is 45.5 Å². The number of esters is 1. The molecule has 4 unspecified atom stereocenters. The summed E-state index contributed by atoms with van der Waals surface area (Å²) in [7, 11) is 0. The van der Waals surface area contributed by atoms with Gasteiger partial charge in [-0.05, 0) is 46.9 Å². The highest BCUT2D eigenvalue weighted by Gasteiger charge is 2.38. The first kappa shape index (κ1) is 32.5. The molecule has 1 saturated heterocycles. The molecule has 230 valence electrons. The summed E-state index contributed by atoms with van der Waals surface area (Å²) in [4.78, 5) is 23.6. The van der Waals surface area contributed by atoms with Crippen molar-refractivity contribution in [2.24, 2.45) is 5.92 Å². The molecule has 1 fully saturated rings. The summed E-state index contributed by atoms with van der Waals surface area (Å²) in [5.41, 5.74) is 5.62. The Labute approximate surface area is 256 Å². The SMILES string of the molecule is CCOC(=O)CNC(=O)NCc1cccc(-c2cccc(C3OC(CSCCO)C(C)C(c4ccc(CO)cc4)O3)c2)c1. The number of carbonyl (C=O) groups is 2. The number of carbonyl (C=O) groups excluding carboxylic acids is 2. The van der Waals surface area contributed by atoms with Crippen LogP contribution < -0.4 is 10.6 Å². The minimum absolute atomic E-state index is 0.0136. The second-order valence-electron chi connectivity index (χ2n) is 10.3. The van der Waals surface area contributed by atoms with E-state index in [1.165, 1.54) is 0 Å². The summed E-state index contributed by atoms with van der Waals surface area (Å²) in [5, 5.41) is 24.0. The third-order valence-corrected chi connectivity index (χ3v) is 8.25. The zero-order chi connectivity index (χ0) is 30.6. The Balaban J connectivity index is 1.49. The van der Waals surface area contributed by atoms with E-state index in [-0.39, 0.29) is 44.5 Å². The number of amides is 2. The molecular weight excluding hydrogens is 568 g/mol. The number of hydrogen-bond donors (Lipinski definition) is 4. The number of aliphatic hydroxyl groups is 2. The molecule has 0 aliphatic carbocycles. The van der Waals surface area contributed by atoms with Crippen molar-refractivity contribution >= 4 is 23.8 Å². The van der Waals surface area contributed by atoms with Gasteiger partial charge in [-0.15, -0.1) is 0 Å². The van der Waals surface area contributed by atoms with Crippen molar-refractivity contribution < 1.29 is 34.0 Å². The number of urea groups is 1. The maximum atomic E-state index is 12.1. The topological polar surface area (TPSA) is 126 Å². The van der Waals surface area contributed by atoms with Crippen LogP contribution >= 0.6 is 11.8 Å². The molecule has 2 amide bonds. The van der Waals surface area contributed by atoms with E-state index in [1.54, 1.807) is 18.7 Å². The van der Waals surface area contributed by atoms with Gasteiger partial charge in [-0.3, -0.25) is 4.79 Å². The van der Waals surface area contributed by atoms with E-state index in [0.717, 1.165) is 39.1 Å². The number of aliphatic hydroxyl groups excluding tert-OH is 2. The molecule has 4 atom stereocenters. The smallest absolute Gasteiger partial charge is 0.325 e. The fourth-order valence-corrected chi connectivity index (χ4v) is 5.82. The van der Waals surface area contributed by atoms with Gasteiger partial charge < -0.3 is 35.1 Å². The largest absolute Gasteiger partial charge is 0.465 e. The number of ether oxygens (including phenoxy) is 3. The van der Waals surface area contributed by atoms with Crippen LogP contribution in [0.5, 0.6) is 0 Å². The van der Waals surface area contributed by atoms with Crippen LogP contribution in [0.2, 0.25) is 0 Å². The second-order valence-corrected chi connectivity index (χ2v) is 11.4. The summed E-state index contributed by atoms with van der Waals surface area (Å²) >= 11 is 1.66. The first-order chi connectivity index (χ1) is 20.9. The minimum Gasteiger partial charge on any atom is -0.465 e. The zero-order valence-electron chi connectivity index (χ0n) is 24.5. The van der Waals surface area contributed by atoms with Crippen LogP contribution in [0.15, 0.2) is 72.8 Å². The van der Waals surface area contributed by atoms with E-state index >= 15 is 0 Å². The highest BCUT2D eigenvalue weighted by molar-refractivity contribution is 7.99. The number of rotatable bonds is 13. The maximum Gasteiger partial charge on any atom is 0.325 e. The molecule has 43 heavy (non-hydrogen) atoms. The molecule has 4 N–H and O–H groups in total. The molecular formula is C33H40N2O7S. The van der Waals surface area contributed by atoms with Crippen LogP contribution in [-0.2, 0) is 32.2 Å². The average molecular weight is 609 g/mol. The lowest BCUT2D eigenvalue weighted by Crippen LogP contribution is -2.38. The summed E-state index contributed by atoms with van der Waals surface area (Å²) in [6, 6.07) is 23.3. The van der Waals surface area contributed by atoms with Gasteiger partial charge in [-0.2, -0.15) is 11.8 Å². The third kappa shape index (κ3) is 9.29. The summed E-state index contributed by atoms with van der Waals surface area (Å²) in [6.07, 6.45) is -0.892. The van der Waals surface area contributed by atoms with Crippen LogP contribution in [0.25, 0.3) is 11.1 Å². The molecule has 0 radical (unpaired) electrons. The van der Waals surface area contributed by atoms with Crippen molar-refractivity contribution in [3.63, 3.8) is 0 Å². The number of nitrogens with one attached hydrogen (secondary N) is 2. The molecule has 3 aromatic rings. The van der Waals surface area contributed by atoms with Gasteiger partial charge in [-0.1, -0.05) is 67.6 Å². The van der Waals surface area contributed by atoms with Gasteiger partial charge in [-0.25, -0.2) is 4.79 Å². The summed E-state index contributed by atoms with van der Waals surface area (Å²) < 4.78 is 17.9. The van der Waals surface area contributed by atoms with Crippen molar-refractivity contribution in [3.05, 3.63) is 95.1 Å².